The lowest BCUT2D eigenvalue weighted by atomic mass is 10.3. The summed E-state index contributed by atoms with van der Waals surface area (Å²) in [6.07, 6.45) is 3.32. The number of hydrogen-bond acceptors (Lipinski definition) is 4. The average molecular weight is 382 g/mol. The Morgan fingerprint density at radius 3 is 2.79 bits per heavy atom. The first-order valence-electron chi connectivity index (χ1n) is 5.32. The first-order chi connectivity index (χ1) is 8.99. The van der Waals surface area contributed by atoms with Crippen LogP contribution < -0.4 is 4.72 Å². The maximum atomic E-state index is 12.0. The quantitative estimate of drug-likeness (QED) is 0.866. The molecule has 4 nitrogen and oxygen atoms in total. The van der Waals surface area contributed by atoms with Crippen molar-refractivity contribution in [3.05, 3.63) is 44.3 Å². The molecule has 0 unspecified atom stereocenters. The lowest BCUT2D eigenvalue weighted by molar-refractivity contribution is 0.581. The van der Waals surface area contributed by atoms with Crippen LogP contribution in [0.1, 0.15) is 4.88 Å². The number of nitrogens with one attached hydrogen (secondary N) is 1. The molecule has 0 fully saturated rings. The molecule has 2 rings (SSSR count). The van der Waals surface area contributed by atoms with Gasteiger partial charge in [0.05, 0.1) is 8.81 Å². The van der Waals surface area contributed by atoms with Gasteiger partial charge in [0.1, 0.15) is 4.90 Å². The van der Waals surface area contributed by atoms with Gasteiger partial charge in [0.2, 0.25) is 10.0 Å². The Hall–Kier alpha value is -0.470. The van der Waals surface area contributed by atoms with Gasteiger partial charge >= 0.3 is 0 Å². The minimum absolute atomic E-state index is 0.00373. The fourth-order valence-electron chi connectivity index (χ4n) is 1.43. The molecule has 0 atom stereocenters. The summed E-state index contributed by atoms with van der Waals surface area (Å²) in [5, 5.41) is 0.168. The molecule has 19 heavy (non-hydrogen) atoms. The molecule has 2 aromatic heterocycles. The summed E-state index contributed by atoms with van der Waals surface area (Å²) in [7, 11) is -3.61. The Balaban J connectivity index is 2.01. The summed E-state index contributed by atoms with van der Waals surface area (Å²) in [5.74, 6) is 0. The zero-order chi connectivity index (χ0) is 13.9. The summed E-state index contributed by atoms with van der Waals surface area (Å²) in [6.45, 7) is 0.320. The van der Waals surface area contributed by atoms with Crippen LogP contribution in [-0.2, 0) is 16.4 Å². The van der Waals surface area contributed by atoms with Gasteiger partial charge in [0, 0.05) is 23.8 Å². The van der Waals surface area contributed by atoms with Crippen LogP contribution in [0, 0.1) is 0 Å². The van der Waals surface area contributed by atoms with Crippen molar-refractivity contribution < 1.29 is 8.42 Å². The van der Waals surface area contributed by atoms with Crippen LogP contribution >= 0.6 is 38.9 Å². The van der Waals surface area contributed by atoms with Crippen molar-refractivity contribution in [3.63, 3.8) is 0 Å². The van der Waals surface area contributed by atoms with Crippen molar-refractivity contribution in [2.45, 2.75) is 11.3 Å². The van der Waals surface area contributed by atoms with Gasteiger partial charge < -0.3 is 0 Å². The maximum Gasteiger partial charge on any atom is 0.243 e. The van der Waals surface area contributed by atoms with E-state index in [0.29, 0.717) is 13.0 Å². The highest BCUT2D eigenvalue weighted by Gasteiger charge is 2.17. The Labute approximate surface area is 129 Å². The lowest BCUT2D eigenvalue weighted by Gasteiger charge is -2.06. The molecule has 2 aromatic rings. The summed E-state index contributed by atoms with van der Waals surface area (Å²) in [6, 6.07) is 5.35. The highest BCUT2D eigenvalue weighted by Crippen LogP contribution is 2.22. The van der Waals surface area contributed by atoms with E-state index in [1.54, 1.807) is 11.3 Å². The number of halogens is 2. The van der Waals surface area contributed by atoms with E-state index < -0.39 is 10.0 Å². The Bertz CT molecular complexity index is 673. The number of hydrogen-bond donors (Lipinski definition) is 1. The molecule has 8 heteroatoms. The first-order valence-corrected chi connectivity index (χ1v) is 8.79. The van der Waals surface area contributed by atoms with Crippen molar-refractivity contribution in [3.8, 4) is 0 Å². The van der Waals surface area contributed by atoms with Gasteiger partial charge in [0.25, 0.3) is 0 Å². The van der Waals surface area contributed by atoms with Gasteiger partial charge in [-0.25, -0.2) is 13.1 Å². The van der Waals surface area contributed by atoms with E-state index >= 15 is 0 Å². The lowest BCUT2D eigenvalue weighted by Crippen LogP contribution is -2.26. The van der Waals surface area contributed by atoms with Crippen molar-refractivity contribution >= 4 is 48.9 Å². The number of thiophene rings is 1. The normalized spacial score (nSPS) is 11.7. The number of pyridine rings is 1. The molecule has 0 aliphatic heterocycles. The molecule has 0 aliphatic rings. The van der Waals surface area contributed by atoms with Gasteiger partial charge in [0.15, 0.2) is 0 Å². The summed E-state index contributed by atoms with van der Waals surface area (Å²) in [4.78, 5) is 4.88. The van der Waals surface area contributed by atoms with Gasteiger partial charge in [-0.15, -0.1) is 11.3 Å². The predicted molar refractivity (Wildman–Crippen MR) is 80.2 cm³/mol. The Morgan fingerprint density at radius 2 is 2.16 bits per heavy atom. The zero-order valence-electron chi connectivity index (χ0n) is 9.64. The summed E-state index contributed by atoms with van der Waals surface area (Å²) < 4.78 is 27.6. The molecular weight excluding hydrogens is 372 g/mol. The molecule has 0 amide bonds. The second kappa shape index (κ2) is 6.32. The minimum atomic E-state index is -3.61. The van der Waals surface area contributed by atoms with Gasteiger partial charge in [-0.3, -0.25) is 4.98 Å². The Kier molecular flexibility index (Phi) is 4.97. The van der Waals surface area contributed by atoms with Crippen LogP contribution in [0.2, 0.25) is 5.02 Å². The van der Waals surface area contributed by atoms with Gasteiger partial charge in [-0.2, -0.15) is 0 Å². The number of sulfonamides is 1. The fraction of sp³-hybridized carbons (Fsp3) is 0.182. The molecule has 0 aliphatic carbocycles. The monoisotopic (exact) mass is 380 g/mol. The third kappa shape index (κ3) is 4.00. The van der Waals surface area contributed by atoms with E-state index in [-0.39, 0.29) is 9.92 Å². The molecule has 0 spiro atoms. The van der Waals surface area contributed by atoms with Crippen LogP contribution in [0.15, 0.2) is 39.3 Å². The highest BCUT2D eigenvalue weighted by atomic mass is 79.9. The molecule has 2 heterocycles. The van der Waals surface area contributed by atoms with Gasteiger partial charge in [-0.05, 0) is 40.5 Å². The van der Waals surface area contributed by atoms with Crippen LogP contribution in [0.5, 0.6) is 0 Å². The van der Waals surface area contributed by atoms with Crippen LogP contribution in [0.3, 0.4) is 0 Å². The molecule has 0 radical (unpaired) electrons. The third-order valence-electron chi connectivity index (χ3n) is 2.32. The van der Waals surface area contributed by atoms with Gasteiger partial charge in [-0.1, -0.05) is 11.6 Å². The summed E-state index contributed by atoms with van der Waals surface area (Å²) >= 11 is 10.8. The van der Waals surface area contributed by atoms with E-state index in [1.807, 2.05) is 12.1 Å². The van der Waals surface area contributed by atoms with Crippen molar-refractivity contribution in [1.29, 1.82) is 0 Å². The third-order valence-corrected chi connectivity index (χ3v) is 5.93. The number of nitrogens with zero attached hydrogens (tertiary/aromatic N) is 1. The molecule has 0 saturated carbocycles. The van der Waals surface area contributed by atoms with Crippen LogP contribution in [-0.4, -0.2) is 19.9 Å². The van der Waals surface area contributed by atoms with E-state index in [4.69, 9.17) is 11.6 Å². The molecular formula is C11H10BrClN2O2S2. The SMILES string of the molecule is O=S(=O)(NCCc1ccc(Br)s1)c1cnccc1Cl. The van der Waals surface area contributed by atoms with Crippen LogP contribution in [0.4, 0.5) is 0 Å². The number of aromatic nitrogens is 1. The van der Waals surface area contributed by atoms with Crippen LogP contribution in [0.25, 0.3) is 0 Å². The van der Waals surface area contributed by atoms with E-state index in [0.717, 1.165) is 8.66 Å². The maximum absolute atomic E-state index is 12.0. The van der Waals surface area contributed by atoms with Crippen molar-refractivity contribution in [2.24, 2.45) is 0 Å². The van der Waals surface area contributed by atoms with Crippen molar-refractivity contribution in [2.75, 3.05) is 6.54 Å². The first kappa shape index (κ1) is 14.9. The highest BCUT2D eigenvalue weighted by molar-refractivity contribution is 9.11. The summed E-state index contributed by atoms with van der Waals surface area (Å²) in [5.41, 5.74) is 0. The standard InChI is InChI=1S/C11H10BrClN2O2S2/c12-11-2-1-8(18-11)3-6-15-19(16,17)10-7-14-5-4-9(10)13/h1-2,4-5,7,15H,3,6H2. The van der Waals surface area contributed by atoms with E-state index in [9.17, 15) is 8.42 Å². The topological polar surface area (TPSA) is 59.1 Å². The van der Waals surface area contributed by atoms with Crippen molar-refractivity contribution in [1.82, 2.24) is 9.71 Å². The molecule has 0 aromatic carbocycles. The largest absolute Gasteiger partial charge is 0.263 e. The molecule has 0 saturated heterocycles. The average Bonchev–Trinajstić information content (AvgIpc) is 2.75. The second-order valence-electron chi connectivity index (χ2n) is 3.66. The minimum Gasteiger partial charge on any atom is -0.263 e. The molecule has 102 valence electrons. The van der Waals surface area contributed by atoms with E-state index in [2.05, 4.69) is 25.6 Å². The number of rotatable bonds is 5. The molecule has 0 bridgehead atoms. The smallest absolute Gasteiger partial charge is 0.243 e. The van der Waals surface area contributed by atoms with E-state index in [1.165, 1.54) is 18.5 Å². The zero-order valence-corrected chi connectivity index (χ0v) is 13.6. The predicted octanol–water partition coefficient (Wildman–Crippen LogP) is 3.08. The Morgan fingerprint density at radius 1 is 1.37 bits per heavy atom. The fourth-order valence-corrected chi connectivity index (χ4v) is 4.38. The second-order valence-corrected chi connectivity index (χ2v) is 8.35. The molecule has 1 N–H and O–H groups in total.